The van der Waals surface area contributed by atoms with Crippen molar-refractivity contribution < 1.29 is 0 Å². The summed E-state index contributed by atoms with van der Waals surface area (Å²) in [6.45, 7) is 2.09. The molecule has 0 amide bonds. The lowest BCUT2D eigenvalue weighted by molar-refractivity contribution is 1.31. The molecule has 0 spiro atoms. The molecule has 22 heavy (non-hydrogen) atoms. The molecule has 0 aliphatic carbocycles. The lowest BCUT2D eigenvalue weighted by Crippen LogP contribution is -2.05. The first-order valence-electron chi connectivity index (χ1n) is 6.23. The quantitative estimate of drug-likeness (QED) is 0.543. The van der Waals surface area contributed by atoms with Gasteiger partial charge in [-0.3, -0.25) is 10.8 Å². The van der Waals surface area contributed by atoms with Crippen molar-refractivity contribution in [3.63, 3.8) is 0 Å². The summed E-state index contributed by atoms with van der Waals surface area (Å²) < 4.78 is 0. The average Bonchev–Trinajstić information content (AvgIpc) is 2.90. The van der Waals surface area contributed by atoms with Gasteiger partial charge in [0.05, 0.1) is 5.69 Å². The Balaban J connectivity index is 0.00000121. The summed E-state index contributed by atoms with van der Waals surface area (Å²) in [5.41, 5.74) is 6.66. The minimum absolute atomic E-state index is 0. The Kier molecular flexibility index (Phi) is 6.77. The van der Waals surface area contributed by atoms with Crippen LogP contribution in [-0.2, 0) is 0 Å². The van der Waals surface area contributed by atoms with Gasteiger partial charge in [0, 0.05) is 34.1 Å². The second kappa shape index (κ2) is 8.10. The predicted octanol–water partition coefficient (Wildman–Crippen LogP) is 4.31. The molecule has 2 aromatic heterocycles. The van der Waals surface area contributed by atoms with Crippen LogP contribution in [0.1, 0.15) is 4.88 Å². The minimum Gasteiger partial charge on any atom is -0.324 e. The molecule has 3 N–H and O–H groups in total. The summed E-state index contributed by atoms with van der Waals surface area (Å²) in [6, 6.07) is 11.9. The third-order valence-electron chi connectivity index (χ3n) is 3.03. The lowest BCUT2D eigenvalue weighted by atomic mass is 10.1. The lowest BCUT2D eigenvalue weighted by Gasteiger charge is -2.02. The SMILES string of the molecule is Cc1sc(-c2cccnc2)nc1-c1ccc(NN)cc1.Cl.Cl. The Morgan fingerprint density at radius 2 is 1.77 bits per heavy atom. The number of thiazole rings is 1. The molecule has 7 heteroatoms. The van der Waals surface area contributed by atoms with E-state index in [2.05, 4.69) is 17.3 Å². The molecule has 0 aliphatic rings. The first kappa shape index (κ1) is 18.4. The minimum atomic E-state index is 0. The van der Waals surface area contributed by atoms with Gasteiger partial charge in [-0.05, 0) is 31.2 Å². The second-order valence-electron chi connectivity index (χ2n) is 4.39. The molecular weight excluding hydrogens is 339 g/mol. The van der Waals surface area contributed by atoms with Gasteiger partial charge in [0.2, 0.25) is 0 Å². The summed E-state index contributed by atoms with van der Waals surface area (Å²) in [4.78, 5) is 10.1. The van der Waals surface area contributed by atoms with Crippen LogP contribution < -0.4 is 11.3 Å². The molecule has 0 aliphatic heterocycles. The summed E-state index contributed by atoms with van der Waals surface area (Å²) in [5.74, 6) is 5.38. The van der Waals surface area contributed by atoms with Gasteiger partial charge in [-0.25, -0.2) is 4.98 Å². The number of nitrogens with zero attached hydrogens (tertiary/aromatic N) is 2. The first-order valence-corrected chi connectivity index (χ1v) is 7.04. The van der Waals surface area contributed by atoms with Gasteiger partial charge >= 0.3 is 0 Å². The maximum atomic E-state index is 5.38. The van der Waals surface area contributed by atoms with Crippen LogP contribution >= 0.6 is 36.2 Å². The zero-order chi connectivity index (χ0) is 13.9. The first-order chi connectivity index (χ1) is 9.78. The van der Waals surface area contributed by atoms with E-state index in [1.54, 1.807) is 17.5 Å². The number of pyridine rings is 1. The second-order valence-corrected chi connectivity index (χ2v) is 5.59. The molecule has 0 fully saturated rings. The van der Waals surface area contributed by atoms with E-state index in [0.29, 0.717) is 0 Å². The number of aromatic nitrogens is 2. The fourth-order valence-electron chi connectivity index (χ4n) is 2.00. The van der Waals surface area contributed by atoms with E-state index in [0.717, 1.165) is 27.5 Å². The van der Waals surface area contributed by atoms with Gasteiger partial charge in [-0.15, -0.1) is 36.2 Å². The number of benzene rings is 1. The van der Waals surface area contributed by atoms with E-state index < -0.39 is 0 Å². The molecule has 3 rings (SSSR count). The molecule has 4 nitrogen and oxygen atoms in total. The van der Waals surface area contributed by atoms with Crippen LogP contribution in [0.5, 0.6) is 0 Å². The molecule has 3 aromatic rings. The predicted molar refractivity (Wildman–Crippen MR) is 97.8 cm³/mol. The Morgan fingerprint density at radius 3 is 2.36 bits per heavy atom. The number of hydrogen-bond acceptors (Lipinski definition) is 5. The van der Waals surface area contributed by atoms with Gasteiger partial charge in [0.15, 0.2) is 0 Å². The summed E-state index contributed by atoms with van der Waals surface area (Å²) in [7, 11) is 0. The van der Waals surface area contributed by atoms with Gasteiger partial charge in [0.25, 0.3) is 0 Å². The van der Waals surface area contributed by atoms with Crippen LogP contribution in [0.3, 0.4) is 0 Å². The van der Waals surface area contributed by atoms with Gasteiger partial charge in [-0.1, -0.05) is 12.1 Å². The summed E-state index contributed by atoms with van der Waals surface area (Å²) in [5, 5.41) is 0.992. The van der Waals surface area contributed by atoms with Gasteiger partial charge in [0.1, 0.15) is 5.01 Å². The smallest absolute Gasteiger partial charge is 0.125 e. The average molecular weight is 355 g/mol. The van der Waals surface area contributed by atoms with Crippen LogP contribution in [0.4, 0.5) is 5.69 Å². The third kappa shape index (κ3) is 3.75. The van der Waals surface area contributed by atoms with E-state index in [-0.39, 0.29) is 24.8 Å². The highest BCUT2D eigenvalue weighted by molar-refractivity contribution is 7.15. The Labute approximate surface area is 145 Å². The monoisotopic (exact) mass is 354 g/mol. The highest BCUT2D eigenvalue weighted by Gasteiger charge is 2.11. The van der Waals surface area contributed by atoms with E-state index in [1.165, 1.54) is 4.88 Å². The molecular formula is C15H16Cl2N4S. The molecule has 0 bridgehead atoms. The number of rotatable bonds is 3. The molecule has 0 radical (unpaired) electrons. The zero-order valence-corrected chi connectivity index (χ0v) is 14.3. The topological polar surface area (TPSA) is 63.8 Å². The molecule has 0 atom stereocenters. The van der Waals surface area contributed by atoms with E-state index in [1.807, 2.05) is 42.6 Å². The van der Waals surface area contributed by atoms with Crippen molar-refractivity contribution in [1.29, 1.82) is 0 Å². The van der Waals surface area contributed by atoms with Crippen LogP contribution in [-0.4, -0.2) is 9.97 Å². The number of nitrogens with two attached hydrogens (primary N) is 1. The van der Waals surface area contributed by atoms with Crippen LogP contribution in [0.15, 0.2) is 48.8 Å². The molecule has 2 heterocycles. The van der Waals surface area contributed by atoms with Crippen LogP contribution in [0.25, 0.3) is 21.8 Å². The van der Waals surface area contributed by atoms with E-state index in [9.17, 15) is 0 Å². The molecule has 0 saturated carbocycles. The number of aryl methyl sites for hydroxylation is 1. The fourth-order valence-corrected chi connectivity index (χ4v) is 2.93. The van der Waals surface area contributed by atoms with Crippen molar-refractivity contribution in [2.45, 2.75) is 6.92 Å². The van der Waals surface area contributed by atoms with Crippen molar-refractivity contribution in [3.8, 4) is 21.8 Å². The highest BCUT2D eigenvalue weighted by atomic mass is 35.5. The zero-order valence-electron chi connectivity index (χ0n) is 11.8. The summed E-state index contributed by atoms with van der Waals surface area (Å²) in [6.07, 6.45) is 3.60. The van der Waals surface area contributed by atoms with Crippen molar-refractivity contribution in [1.82, 2.24) is 9.97 Å². The standard InChI is InChI=1S/C15H14N4S.2ClH/c1-10-14(11-4-6-13(19-16)7-5-11)18-15(20-10)12-3-2-8-17-9-12;;/h2-9,19H,16H2,1H3;2*1H. The highest BCUT2D eigenvalue weighted by Crippen LogP contribution is 2.33. The molecule has 0 saturated heterocycles. The van der Waals surface area contributed by atoms with Crippen LogP contribution in [0.2, 0.25) is 0 Å². The van der Waals surface area contributed by atoms with Crippen molar-refractivity contribution in [3.05, 3.63) is 53.7 Å². The number of nitrogen functional groups attached to an aromatic ring is 1. The fraction of sp³-hybridized carbons (Fsp3) is 0.0667. The molecule has 0 unspecified atom stereocenters. The van der Waals surface area contributed by atoms with E-state index in [4.69, 9.17) is 10.8 Å². The summed E-state index contributed by atoms with van der Waals surface area (Å²) >= 11 is 1.68. The normalized spacial score (nSPS) is 9.55. The Bertz CT molecular complexity index is 714. The number of hydrazine groups is 1. The third-order valence-corrected chi connectivity index (χ3v) is 4.05. The van der Waals surface area contributed by atoms with Gasteiger partial charge in [-0.2, -0.15) is 0 Å². The molecule has 116 valence electrons. The number of anilines is 1. The van der Waals surface area contributed by atoms with Crippen molar-refractivity contribution in [2.24, 2.45) is 5.84 Å². The largest absolute Gasteiger partial charge is 0.324 e. The van der Waals surface area contributed by atoms with Crippen LogP contribution in [0, 0.1) is 6.92 Å². The Hall–Kier alpha value is -1.66. The molecule has 1 aromatic carbocycles. The number of nitrogens with one attached hydrogen (secondary N) is 1. The Morgan fingerprint density at radius 1 is 1.05 bits per heavy atom. The number of hydrogen-bond donors (Lipinski definition) is 2. The van der Waals surface area contributed by atoms with Gasteiger partial charge < -0.3 is 5.43 Å². The number of halogens is 2. The maximum Gasteiger partial charge on any atom is 0.125 e. The van der Waals surface area contributed by atoms with Crippen molar-refractivity contribution in [2.75, 3.05) is 5.43 Å². The maximum absolute atomic E-state index is 5.38. The van der Waals surface area contributed by atoms with Crippen molar-refractivity contribution >= 4 is 41.8 Å². The van der Waals surface area contributed by atoms with E-state index >= 15 is 0 Å².